The van der Waals surface area contributed by atoms with Gasteiger partial charge >= 0.3 is 6.09 Å². The van der Waals surface area contributed by atoms with Gasteiger partial charge in [-0.2, -0.15) is 4.84 Å². The molecule has 1 rings (SSSR count). The highest BCUT2D eigenvalue weighted by Gasteiger charge is 2.12. The first kappa shape index (κ1) is 13.5. The van der Waals surface area contributed by atoms with Gasteiger partial charge in [0.1, 0.15) is 5.75 Å². The molecule has 0 fully saturated rings. The highest BCUT2D eigenvalue weighted by molar-refractivity contribution is 5.66. The smallest absolute Gasteiger partial charge is 0.477 e. The lowest BCUT2D eigenvalue weighted by molar-refractivity contribution is -0.869. The van der Waals surface area contributed by atoms with E-state index in [1.54, 1.807) is 45.7 Å². The molecular weight excluding hydrogens is 220 g/mol. The zero-order valence-corrected chi connectivity index (χ0v) is 9.56. The molecule has 5 nitrogen and oxygen atoms in total. The molecule has 0 atom stereocenters. The van der Waals surface area contributed by atoms with Gasteiger partial charge in [0.15, 0.2) is 0 Å². The van der Waals surface area contributed by atoms with Crippen LogP contribution in [0.15, 0.2) is 24.5 Å². The maximum atomic E-state index is 11.1. The van der Waals surface area contributed by atoms with Crippen molar-refractivity contribution in [3.63, 3.8) is 0 Å². The fourth-order valence-corrected chi connectivity index (χ4v) is 0.768. The number of hydrogen-bond donors (Lipinski definition) is 0. The molecule has 0 aliphatic heterocycles. The van der Waals surface area contributed by atoms with Crippen LogP contribution in [-0.2, 0) is 0 Å². The number of rotatable bonds is 2. The number of carbonyl (C=O) groups is 1. The second-order valence-corrected chi connectivity index (χ2v) is 2.85. The van der Waals surface area contributed by atoms with Crippen molar-refractivity contribution >= 4 is 6.09 Å². The number of pyridine rings is 1. The van der Waals surface area contributed by atoms with Gasteiger partial charge in [0.05, 0.1) is 7.11 Å². The molecule has 6 heteroatoms. The number of hydrogen-bond acceptors (Lipinski definition) is 3. The maximum absolute atomic E-state index is 11.1. The Morgan fingerprint density at radius 3 is 2.27 bits per heavy atom. The van der Waals surface area contributed by atoms with Crippen molar-refractivity contribution in [2.45, 2.75) is 0 Å². The van der Waals surface area contributed by atoms with E-state index in [1.165, 1.54) is 9.63 Å². The fourth-order valence-electron chi connectivity index (χ4n) is 0.768. The normalized spacial score (nSPS) is 8.73. The standard InChI is InChI=1S/C9H13N2O3.ClH/c1-10(2)9(12)14-11-6-4-8(13-3)5-7-11;/h4-7H,1-3H3;1H/q+1;/p-1. The van der Waals surface area contributed by atoms with Crippen molar-refractivity contribution in [1.82, 2.24) is 4.90 Å². The number of carbonyl (C=O) groups excluding carboxylic acids is 1. The fraction of sp³-hybridized carbons (Fsp3) is 0.333. The molecule has 1 heterocycles. The molecule has 0 saturated heterocycles. The van der Waals surface area contributed by atoms with Gasteiger partial charge in [-0.1, -0.05) is 0 Å². The number of aromatic nitrogens is 1. The Balaban J connectivity index is 0.00000196. The molecule has 0 aliphatic carbocycles. The molecule has 0 radical (unpaired) electrons. The first-order valence-corrected chi connectivity index (χ1v) is 4.08. The third kappa shape index (κ3) is 4.03. The summed E-state index contributed by atoms with van der Waals surface area (Å²) < 4.78 is 6.27. The Morgan fingerprint density at radius 1 is 1.33 bits per heavy atom. The zero-order chi connectivity index (χ0) is 10.6. The van der Waals surface area contributed by atoms with Gasteiger partial charge in [0.25, 0.3) is 0 Å². The largest absolute Gasteiger partial charge is 1.00 e. The van der Waals surface area contributed by atoms with Gasteiger partial charge in [-0.3, -0.25) is 0 Å². The van der Waals surface area contributed by atoms with Crippen molar-refractivity contribution in [3.8, 4) is 5.75 Å². The van der Waals surface area contributed by atoms with Crippen LogP contribution in [0, 0.1) is 0 Å². The van der Waals surface area contributed by atoms with E-state index < -0.39 is 6.09 Å². The molecule has 0 saturated carbocycles. The summed E-state index contributed by atoms with van der Waals surface area (Å²) in [4.78, 5) is 17.4. The summed E-state index contributed by atoms with van der Waals surface area (Å²) in [6.07, 6.45) is 2.76. The lowest BCUT2D eigenvalue weighted by Gasteiger charge is -2.04. The van der Waals surface area contributed by atoms with Crippen molar-refractivity contribution in [3.05, 3.63) is 24.5 Å². The molecule has 15 heavy (non-hydrogen) atoms. The Hall–Kier alpha value is -1.49. The summed E-state index contributed by atoms with van der Waals surface area (Å²) in [7, 11) is 4.81. The van der Waals surface area contributed by atoms with Crippen molar-refractivity contribution in [2.24, 2.45) is 0 Å². The number of ether oxygens (including phenoxy) is 1. The average molecular weight is 233 g/mol. The molecular formula is C9H13ClN2O3. The van der Waals surface area contributed by atoms with E-state index in [1.807, 2.05) is 0 Å². The van der Waals surface area contributed by atoms with Crippen LogP contribution in [-0.4, -0.2) is 32.2 Å². The van der Waals surface area contributed by atoms with E-state index in [0.29, 0.717) is 5.75 Å². The Bertz CT molecular complexity index is 314. The van der Waals surface area contributed by atoms with Gasteiger partial charge in [-0.15, -0.1) is 0 Å². The first-order valence-electron chi connectivity index (χ1n) is 4.08. The Morgan fingerprint density at radius 2 is 1.87 bits per heavy atom. The van der Waals surface area contributed by atoms with E-state index >= 15 is 0 Å². The van der Waals surface area contributed by atoms with Crippen LogP contribution >= 0.6 is 0 Å². The number of amides is 1. The van der Waals surface area contributed by atoms with Crippen LogP contribution in [0.25, 0.3) is 0 Å². The van der Waals surface area contributed by atoms with Gasteiger partial charge < -0.3 is 22.0 Å². The summed E-state index contributed by atoms with van der Waals surface area (Å²) in [6, 6.07) is 3.39. The molecule has 0 unspecified atom stereocenters. The summed E-state index contributed by atoms with van der Waals surface area (Å²) >= 11 is 0. The van der Waals surface area contributed by atoms with Crippen LogP contribution in [0.1, 0.15) is 0 Å². The number of nitrogens with zero attached hydrogens (tertiary/aromatic N) is 2. The molecule has 0 spiro atoms. The predicted molar refractivity (Wildman–Crippen MR) is 48.9 cm³/mol. The summed E-state index contributed by atoms with van der Waals surface area (Å²) in [6.45, 7) is 0. The lowest BCUT2D eigenvalue weighted by atomic mass is 10.5. The van der Waals surface area contributed by atoms with E-state index in [4.69, 9.17) is 9.57 Å². The summed E-state index contributed by atoms with van der Waals surface area (Å²) in [5, 5.41) is 0. The monoisotopic (exact) mass is 232 g/mol. The maximum Gasteiger partial charge on any atom is 0.477 e. The lowest BCUT2D eigenvalue weighted by Crippen LogP contribution is -3.00. The predicted octanol–water partition coefficient (Wildman–Crippen LogP) is -2.90. The topological polar surface area (TPSA) is 42.6 Å². The van der Waals surface area contributed by atoms with E-state index in [9.17, 15) is 4.79 Å². The minimum atomic E-state index is -0.430. The van der Waals surface area contributed by atoms with Crippen LogP contribution in [0.5, 0.6) is 5.75 Å². The second kappa shape index (κ2) is 6.08. The van der Waals surface area contributed by atoms with Crippen LogP contribution in [0.3, 0.4) is 0 Å². The first-order chi connectivity index (χ1) is 6.63. The van der Waals surface area contributed by atoms with E-state index in [2.05, 4.69) is 0 Å². The SMILES string of the molecule is COc1cc[n+](OC(=O)N(C)C)cc1.[Cl-]. The molecule has 1 amide bonds. The average Bonchev–Trinajstić information content (AvgIpc) is 2.19. The van der Waals surface area contributed by atoms with Crippen LogP contribution in [0.4, 0.5) is 4.79 Å². The van der Waals surface area contributed by atoms with Crippen molar-refractivity contribution in [1.29, 1.82) is 0 Å². The van der Waals surface area contributed by atoms with E-state index in [0.717, 1.165) is 0 Å². The quantitative estimate of drug-likeness (QED) is 0.514. The molecule has 1 aromatic heterocycles. The minimum Gasteiger partial charge on any atom is -1.00 e. The van der Waals surface area contributed by atoms with Crippen molar-refractivity contribution in [2.75, 3.05) is 21.2 Å². The summed E-state index contributed by atoms with van der Waals surface area (Å²) in [5.41, 5.74) is 0. The van der Waals surface area contributed by atoms with E-state index in [-0.39, 0.29) is 12.4 Å². The zero-order valence-electron chi connectivity index (χ0n) is 8.81. The van der Waals surface area contributed by atoms with Gasteiger partial charge in [0, 0.05) is 31.0 Å². The third-order valence-electron chi connectivity index (χ3n) is 1.56. The second-order valence-electron chi connectivity index (χ2n) is 2.85. The van der Waals surface area contributed by atoms with Crippen molar-refractivity contribution < 1.29 is 31.5 Å². The molecule has 84 valence electrons. The van der Waals surface area contributed by atoms with Gasteiger partial charge in [-0.25, -0.2) is 4.79 Å². The van der Waals surface area contributed by atoms with Crippen LogP contribution in [0.2, 0.25) is 0 Å². The Kier molecular flexibility index (Phi) is 5.48. The van der Waals surface area contributed by atoms with Gasteiger partial charge in [-0.05, 0) is 0 Å². The van der Waals surface area contributed by atoms with Crippen LogP contribution < -0.4 is 26.7 Å². The minimum absolute atomic E-state index is 0. The molecule has 1 aromatic rings. The highest BCUT2D eigenvalue weighted by Crippen LogP contribution is 2.03. The Labute approximate surface area is 94.6 Å². The molecule has 0 N–H and O–H groups in total. The highest BCUT2D eigenvalue weighted by atomic mass is 35.5. The number of methoxy groups -OCH3 is 1. The summed E-state index contributed by atoms with van der Waals surface area (Å²) in [5.74, 6) is 0.710. The third-order valence-corrected chi connectivity index (χ3v) is 1.56. The molecule has 0 aromatic carbocycles. The molecule has 0 aliphatic rings. The molecule has 0 bridgehead atoms. The number of halogens is 1. The van der Waals surface area contributed by atoms with Gasteiger partial charge in [0.2, 0.25) is 12.4 Å².